The van der Waals surface area contributed by atoms with Gasteiger partial charge in [-0.25, -0.2) is 0 Å². The summed E-state index contributed by atoms with van der Waals surface area (Å²) in [6, 6.07) is 8.89. The molecule has 1 N–H and O–H groups in total. The second kappa shape index (κ2) is 6.71. The molecule has 19 heavy (non-hydrogen) atoms. The van der Waals surface area contributed by atoms with E-state index in [4.69, 9.17) is 5.11 Å². The van der Waals surface area contributed by atoms with Crippen LogP contribution in [0.15, 0.2) is 24.3 Å². The number of hydrogen-bond acceptors (Lipinski definition) is 2. The van der Waals surface area contributed by atoms with Gasteiger partial charge in [0.05, 0.1) is 6.61 Å². The van der Waals surface area contributed by atoms with Gasteiger partial charge in [-0.05, 0) is 38.2 Å². The zero-order valence-electron chi connectivity index (χ0n) is 11.6. The standard InChI is InChI=1S/C16H23NO2/c1-13-5-7-14(8-6-13)3-2-4-16(19)17(11-12-18)15-9-10-15/h5-8,15,18H,2-4,9-12H2,1H3. The zero-order chi connectivity index (χ0) is 13.7. The third-order valence-corrected chi connectivity index (χ3v) is 3.63. The molecule has 2 rings (SSSR count). The predicted octanol–water partition coefficient (Wildman–Crippen LogP) is 2.30. The van der Waals surface area contributed by atoms with Crippen molar-refractivity contribution >= 4 is 5.91 Å². The summed E-state index contributed by atoms with van der Waals surface area (Å²) in [7, 11) is 0. The third-order valence-electron chi connectivity index (χ3n) is 3.63. The summed E-state index contributed by atoms with van der Waals surface area (Å²) < 4.78 is 0. The number of aryl methyl sites for hydroxylation is 2. The Bertz CT molecular complexity index is 409. The number of rotatable bonds is 7. The highest BCUT2D eigenvalue weighted by molar-refractivity contribution is 5.76. The molecule has 0 aromatic heterocycles. The monoisotopic (exact) mass is 261 g/mol. The Kier molecular flexibility index (Phi) is 4.97. The van der Waals surface area contributed by atoms with Gasteiger partial charge in [-0.2, -0.15) is 0 Å². The van der Waals surface area contributed by atoms with E-state index in [1.807, 2.05) is 4.90 Å². The molecule has 0 spiro atoms. The molecule has 0 heterocycles. The molecule has 3 nitrogen and oxygen atoms in total. The maximum Gasteiger partial charge on any atom is 0.222 e. The smallest absolute Gasteiger partial charge is 0.222 e. The fourth-order valence-corrected chi connectivity index (χ4v) is 2.35. The van der Waals surface area contributed by atoms with E-state index in [0.717, 1.165) is 25.7 Å². The minimum atomic E-state index is 0.0696. The van der Waals surface area contributed by atoms with Gasteiger partial charge >= 0.3 is 0 Å². The molecule has 1 aliphatic rings. The maximum atomic E-state index is 12.1. The molecule has 0 unspecified atom stereocenters. The molecule has 1 fully saturated rings. The van der Waals surface area contributed by atoms with Gasteiger partial charge in [-0.1, -0.05) is 29.8 Å². The van der Waals surface area contributed by atoms with Crippen molar-refractivity contribution in [3.8, 4) is 0 Å². The van der Waals surface area contributed by atoms with Crippen LogP contribution in [0, 0.1) is 6.92 Å². The first kappa shape index (κ1) is 14.1. The van der Waals surface area contributed by atoms with Crippen LogP contribution in [0.5, 0.6) is 0 Å². The van der Waals surface area contributed by atoms with Crippen molar-refractivity contribution in [2.45, 2.75) is 45.1 Å². The van der Waals surface area contributed by atoms with Crippen LogP contribution < -0.4 is 0 Å². The normalized spacial score (nSPS) is 14.4. The van der Waals surface area contributed by atoms with Crippen molar-refractivity contribution in [2.75, 3.05) is 13.2 Å². The Hall–Kier alpha value is -1.35. The fraction of sp³-hybridized carbons (Fsp3) is 0.562. The van der Waals surface area contributed by atoms with Gasteiger partial charge in [0, 0.05) is 19.0 Å². The van der Waals surface area contributed by atoms with E-state index in [1.54, 1.807) is 0 Å². The third kappa shape index (κ3) is 4.35. The molecule has 0 radical (unpaired) electrons. The largest absolute Gasteiger partial charge is 0.395 e. The number of hydrogen-bond donors (Lipinski definition) is 1. The summed E-state index contributed by atoms with van der Waals surface area (Å²) in [4.78, 5) is 13.9. The molecule has 1 aliphatic carbocycles. The highest BCUT2D eigenvalue weighted by Crippen LogP contribution is 2.27. The predicted molar refractivity (Wildman–Crippen MR) is 75.9 cm³/mol. The van der Waals surface area contributed by atoms with Crippen molar-refractivity contribution in [1.82, 2.24) is 4.90 Å². The van der Waals surface area contributed by atoms with E-state index in [9.17, 15) is 4.79 Å². The summed E-state index contributed by atoms with van der Waals surface area (Å²) in [5.74, 6) is 0.198. The Morgan fingerprint density at radius 3 is 2.58 bits per heavy atom. The summed E-state index contributed by atoms with van der Waals surface area (Å²) >= 11 is 0. The minimum absolute atomic E-state index is 0.0696. The second-order valence-electron chi connectivity index (χ2n) is 5.38. The topological polar surface area (TPSA) is 40.5 Å². The van der Waals surface area contributed by atoms with Crippen molar-refractivity contribution in [2.24, 2.45) is 0 Å². The van der Waals surface area contributed by atoms with Crippen molar-refractivity contribution in [3.05, 3.63) is 35.4 Å². The Morgan fingerprint density at radius 1 is 1.32 bits per heavy atom. The number of nitrogens with zero attached hydrogens (tertiary/aromatic N) is 1. The average Bonchev–Trinajstić information content (AvgIpc) is 3.22. The molecule has 1 aromatic carbocycles. The van der Waals surface area contributed by atoms with Gasteiger partial charge in [0.15, 0.2) is 0 Å². The number of carbonyl (C=O) groups is 1. The molecule has 104 valence electrons. The number of aliphatic hydroxyl groups is 1. The molecule has 0 bridgehead atoms. The van der Waals surface area contributed by atoms with E-state index in [0.29, 0.717) is 19.0 Å². The highest BCUT2D eigenvalue weighted by Gasteiger charge is 2.31. The maximum absolute atomic E-state index is 12.1. The van der Waals surface area contributed by atoms with Gasteiger partial charge in [0.25, 0.3) is 0 Å². The SMILES string of the molecule is Cc1ccc(CCCC(=O)N(CCO)C2CC2)cc1. The van der Waals surface area contributed by atoms with Crippen LogP contribution in [0.3, 0.4) is 0 Å². The first-order chi connectivity index (χ1) is 9.20. The van der Waals surface area contributed by atoms with E-state index in [-0.39, 0.29) is 12.5 Å². The summed E-state index contributed by atoms with van der Waals surface area (Å²) in [6.45, 7) is 2.64. The Morgan fingerprint density at radius 2 is 2.00 bits per heavy atom. The molecule has 1 aromatic rings. The van der Waals surface area contributed by atoms with Crippen LogP contribution in [0.1, 0.15) is 36.8 Å². The van der Waals surface area contributed by atoms with Crippen molar-refractivity contribution < 1.29 is 9.90 Å². The molecule has 0 aliphatic heterocycles. The number of aliphatic hydroxyl groups excluding tert-OH is 1. The molecule has 3 heteroatoms. The van der Waals surface area contributed by atoms with Gasteiger partial charge < -0.3 is 10.0 Å². The molecule has 0 atom stereocenters. The van der Waals surface area contributed by atoms with E-state index in [1.165, 1.54) is 11.1 Å². The van der Waals surface area contributed by atoms with Crippen LogP contribution in [0.25, 0.3) is 0 Å². The van der Waals surface area contributed by atoms with Crippen LogP contribution in [-0.4, -0.2) is 35.1 Å². The summed E-state index contributed by atoms with van der Waals surface area (Å²) in [6.07, 6.45) is 4.62. The summed E-state index contributed by atoms with van der Waals surface area (Å²) in [5, 5.41) is 9.00. The van der Waals surface area contributed by atoms with Gasteiger partial charge in [-0.15, -0.1) is 0 Å². The van der Waals surface area contributed by atoms with E-state index >= 15 is 0 Å². The number of benzene rings is 1. The molecular weight excluding hydrogens is 238 g/mol. The lowest BCUT2D eigenvalue weighted by atomic mass is 10.1. The van der Waals surface area contributed by atoms with Gasteiger partial charge in [0.1, 0.15) is 0 Å². The Balaban J connectivity index is 1.75. The molecule has 0 saturated heterocycles. The Labute approximate surface area is 115 Å². The first-order valence-electron chi connectivity index (χ1n) is 7.16. The minimum Gasteiger partial charge on any atom is -0.395 e. The van der Waals surface area contributed by atoms with Crippen molar-refractivity contribution in [1.29, 1.82) is 0 Å². The van der Waals surface area contributed by atoms with Crippen molar-refractivity contribution in [3.63, 3.8) is 0 Å². The quantitative estimate of drug-likeness (QED) is 0.818. The van der Waals surface area contributed by atoms with Crippen LogP contribution in [-0.2, 0) is 11.2 Å². The second-order valence-corrected chi connectivity index (χ2v) is 5.38. The van der Waals surface area contributed by atoms with Gasteiger partial charge in [-0.3, -0.25) is 4.79 Å². The lowest BCUT2D eigenvalue weighted by Gasteiger charge is -2.21. The zero-order valence-corrected chi connectivity index (χ0v) is 11.6. The lowest BCUT2D eigenvalue weighted by molar-refractivity contribution is -0.132. The lowest BCUT2D eigenvalue weighted by Crippen LogP contribution is -2.35. The molecular formula is C16H23NO2. The van der Waals surface area contributed by atoms with E-state index in [2.05, 4.69) is 31.2 Å². The number of carbonyl (C=O) groups excluding carboxylic acids is 1. The first-order valence-corrected chi connectivity index (χ1v) is 7.16. The number of amides is 1. The molecule has 1 saturated carbocycles. The van der Waals surface area contributed by atoms with Crippen LogP contribution >= 0.6 is 0 Å². The van der Waals surface area contributed by atoms with Crippen LogP contribution in [0.4, 0.5) is 0 Å². The fourth-order valence-electron chi connectivity index (χ4n) is 2.35. The van der Waals surface area contributed by atoms with Crippen LogP contribution in [0.2, 0.25) is 0 Å². The molecule has 1 amide bonds. The summed E-state index contributed by atoms with van der Waals surface area (Å²) in [5.41, 5.74) is 2.56. The van der Waals surface area contributed by atoms with E-state index < -0.39 is 0 Å². The highest BCUT2D eigenvalue weighted by atomic mass is 16.3. The van der Waals surface area contributed by atoms with Gasteiger partial charge in [0.2, 0.25) is 5.91 Å². The average molecular weight is 261 g/mol.